The van der Waals surface area contributed by atoms with Gasteiger partial charge in [0.05, 0.1) is 11.1 Å². The highest BCUT2D eigenvalue weighted by molar-refractivity contribution is 9.10. The van der Waals surface area contributed by atoms with Gasteiger partial charge in [0, 0.05) is 17.1 Å². The number of halogens is 2. The zero-order valence-electron chi connectivity index (χ0n) is 12.7. The molecule has 1 aromatic carbocycles. The van der Waals surface area contributed by atoms with Gasteiger partial charge >= 0.3 is 0 Å². The van der Waals surface area contributed by atoms with Crippen LogP contribution >= 0.6 is 27.5 Å². The lowest BCUT2D eigenvalue weighted by molar-refractivity contribution is 0.101. The molecular formula is C17H25BrClNO. The zero-order chi connectivity index (χ0) is 15.1. The van der Waals surface area contributed by atoms with Gasteiger partial charge in [0.15, 0.2) is 0 Å². The van der Waals surface area contributed by atoms with Crippen LogP contribution in [0.1, 0.15) is 57.1 Å². The Morgan fingerprint density at radius 2 is 2.33 bits per heavy atom. The molecular weight excluding hydrogens is 350 g/mol. The molecule has 1 N–H and O–H groups in total. The predicted molar refractivity (Wildman–Crippen MR) is 93.0 cm³/mol. The molecule has 2 rings (SSSR count). The van der Waals surface area contributed by atoms with Gasteiger partial charge in [0.2, 0.25) is 0 Å². The molecule has 2 nitrogen and oxygen atoms in total. The Bertz CT molecular complexity index is 435. The van der Waals surface area contributed by atoms with Crippen LogP contribution < -0.4 is 5.32 Å². The first-order valence-electron chi connectivity index (χ1n) is 8.01. The molecule has 2 atom stereocenters. The molecule has 118 valence electrons. The van der Waals surface area contributed by atoms with Crippen LogP contribution in [0.2, 0.25) is 5.02 Å². The third-order valence-electron chi connectivity index (χ3n) is 4.04. The summed E-state index contributed by atoms with van der Waals surface area (Å²) in [6.07, 6.45) is 7.51. The summed E-state index contributed by atoms with van der Waals surface area (Å²) in [6, 6.07) is 6.52. The summed E-state index contributed by atoms with van der Waals surface area (Å²) in [5.41, 5.74) is 1.20. The fourth-order valence-corrected chi connectivity index (χ4v) is 3.54. The van der Waals surface area contributed by atoms with Crippen molar-refractivity contribution >= 4 is 27.5 Å². The average molecular weight is 375 g/mol. The van der Waals surface area contributed by atoms with E-state index in [1.165, 1.54) is 24.8 Å². The topological polar surface area (TPSA) is 21.3 Å². The maximum Gasteiger partial charge on any atom is 0.0595 e. The number of rotatable bonds is 8. The minimum absolute atomic E-state index is 0.330. The SMILES string of the molecule is CCCNC(CCCC1CCCO1)c1cccc(Br)c1Cl. The highest BCUT2D eigenvalue weighted by Crippen LogP contribution is 2.33. The Labute approximate surface area is 141 Å². The van der Waals surface area contributed by atoms with E-state index in [4.69, 9.17) is 16.3 Å². The van der Waals surface area contributed by atoms with Gasteiger partial charge in [-0.2, -0.15) is 0 Å². The van der Waals surface area contributed by atoms with Crippen molar-refractivity contribution in [3.63, 3.8) is 0 Å². The Hall–Kier alpha value is -0.0900. The van der Waals surface area contributed by atoms with E-state index < -0.39 is 0 Å². The van der Waals surface area contributed by atoms with Crippen LogP contribution in [0.4, 0.5) is 0 Å². The van der Waals surface area contributed by atoms with Gasteiger partial charge in [-0.25, -0.2) is 0 Å². The van der Waals surface area contributed by atoms with Crippen molar-refractivity contribution in [1.82, 2.24) is 5.32 Å². The quantitative estimate of drug-likeness (QED) is 0.649. The number of hydrogen-bond acceptors (Lipinski definition) is 2. The first-order chi connectivity index (χ1) is 10.2. The van der Waals surface area contributed by atoms with Gasteiger partial charge in [-0.15, -0.1) is 0 Å². The van der Waals surface area contributed by atoms with Gasteiger partial charge in [-0.05, 0) is 72.6 Å². The number of hydrogen-bond donors (Lipinski definition) is 1. The monoisotopic (exact) mass is 373 g/mol. The third kappa shape index (κ3) is 5.24. The van der Waals surface area contributed by atoms with Crippen LogP contribution in [0.25, 0.3) is 0 Å². The second-order valence-electron chi connectivity index (χ2n) is 5.72. The highest BCUT2D eigenvalue weighted by atomic mass is 79.9. The molecule has 21 heavy (non-hydrogen) atoms. The maximum atomic E-state index is 6.46. The van der Waals surface area contributed by atoms with Gasteiger partial charge in [-0.3, -0.25) is 0 Å². The van der Waals surface area contributed by atoms with Crippen LogP contribution in [0.15, 0.2) is 22.7 Å². The summed E-state index contributed by atoms with van der Waals surface area (Å²) >= 11 is 9.99. The number of benzene rings is 1. The van der Waals surface area contributed by atoms with Crippen LogP contribution in [0.5, 0.6) is 0 Å². The second-order valence-corrected chi connectivity index (χ2v) is 6.95. The fourth-order valence-electron chi connectivity index (χ4n) is 2.90. The van der Waals surface area contributed by atoms with Crippen molar-refractivity contribution in [3.05, 3.63) is 33.3 Å². The van der Waals surface area contributed by atoms with E-state index in [1.54, 1.807) is 0 Å². The summed E-state index contributed by atoms with van der Waals surface area (Å²) in [6.45, 7) is 4.16. The fraction of sp³-hybridized carbons (Fsp3) is 0.647. The Kier molecular flexibility index (Phi) is 7.51. The van der Waals surface area contributed by atoms with Gasteiger partial charge in [0.25, 0.3) is 0 Å². The predicted octanol–water partition coefficient (Wildman–Crippen LogP) is 5.49. The Balaban J connectivity index is 1.94. The second kappa shape index (κ2) is 9.14. The lowest BCUT2D eigenvalue weighted by Gasteiger charge is -2.21. The summed E-state index contributed by atoms with van der Waals surface area (Å²) in [4.78, 5) is 0. The summed E-state index contributed by atoms with van der Waals surface area (Å²) < 4.78 is 6.69. The average Bonchev–Trinajstić information content (AvgIpc) is 2.99. The molecule has 4 heteroatoms. The van der Waals surface area contributed by atoms with E-state index in [0.29, 0.717) is 12.1 Å². The minimum atomic E-state index is 0.330. The Morgan fingerprint density at radius 1 is 1.48 bits per heavy atom. The molecule has 1 aliphatic heterocycles. The van der Waals surface area contributed by atoms with E-state index in [9.17, 15) is 0 Å². The molecule has 0 aliphatic carbocycles. The molecule has 2 unspecified atom stereocenters. The van der Waals surface area contributed by atoms with Crippen LogP contribution in [0.3, 0.4) is 0 Å². The first kappa shape index (κ1) is 17.3. The van der Waals surface area contributed by atoms with Crippen molar-refractivity contribution in [3.8, 4) is 0 Å². The van der Waals surface area contributed by atoms with Gasteiger partial charge in [0.1, 0.15) is 0 Å². The van der Waals surface area contributed by atoms with Crippen LogP contribution in [-0.4, -0.2) is 19.3 Å². The van der Waals surface area contributed by atoms with E-state index in [-0.39, 0.29) is 0 Å². The Morgan fingerprint density at radius 3 is 3.05 bits per heavy atom. The van der Waals surface area contributed by atoms with E-state index in [0.717, 1.165) is 41.9 Å². The standard InChI is InChI=1S/C17H25BrClNO/c1-2-11-20-16(10-3-6-13-7-5-12-21-13)14-8-4-9-15(18)17(14)19/h4,8-9,13,16,20H,2-3,5-7,10-12H2,1H3. The van der Waals surface area contributed by atoms with Crippen molar-refractivity contribution in [2.45, 2.75) is 57.6 Å². The van der Waals surface area contributed by atoms with Gasteiger partial charge in [-0.1, -0.05) is 30.7 Å². The molecule has 1 fully saturated rings. The smallest absolute Gasteiger partial charge is 0.0595 e. The number of nitrogens with one attached hydrogen (secondary N) is 1. The molecule has 1 aromatic rings. The lowest BCUT2D eigenvalue weighted by Crippen LogP contribution is -2.23. The first-order valence-corrected chi connectivity index (χ1v) is 9.18. The highest BCUT2D eigenvalue weighted by Gasteiger charge is 2.18. The summed E-state index contributed by atoms with van der Waals surface area (Å²) in [7, 11) is 0. The minimum Gasteiger partial charge on any atom is -0.378 e. The van der Waals surface area contributed by atoms with E-state index in [2.05, 4.69) is 40.3 Å². The molecule has 0 radical (unpaired) electrons. The molecule has 1 aliphatic rings. The molecule has 0 aromatic heterocycles. The molecule has 0 bridgehead atoms. The molecule has 1 heterocycles. The summed E-state index contributed by atoms with van der Waals surface area (Å²) in [5.74, 6) is 0. The zero-order valence-corrected chi connectivity index (χ0v) is 15.0. The van der Waals surface area contributed by atoms with E-state index in [1.807, 2.05) is 6.07 Å². The largest absolute Gasteiger partial charge is 0.378 e. The van der Waals surface area contributed by atoms with E-state index >= 15 is 0 Å². The lowest BCUT2D eigenvalue weighted by atomic mass is 9.99. The number of ether oxygens (including phenoxy) is 1. The molecule has 0 spiro atoms. The van der Waals surface area contributed by atoms with Crippen molar-refractivity contribution in [1.29, 1.82) is 0 Å². The summed E-state index contributed by atoms with van der Waals surface area (Å²) in [5, 5.41) is 4.47. The van der Waals surface area contributed by atoms with Crippen molar-refractivity contribution in [2.24, 2.45) is 0 Å². The molecule has 1 saturated heterocycles. The normalized spacial score (nSPS) is 19.9. The van der Waals surface area contributed by atoms with Crippen molar-refractivity contribution in [2.75, 3.05) is 13.2 Å². The molecule has 0 saturated carbocycles. The third-order valence-corrected chi connectivity index (χ3v) is 5.35. The van der Waals surface area contributed by atoms with Gasteiger partial charge < -0.3 is 10.1 Å². The van der Waals surface area contributed by atoms with Crippen LogP contribution in [0, 0.1) is 0 Å². The molecule has 0 amide bonds. The van der Waals surface area contributed by atoms with Crippen LogP contribution in [-0.2, 0) is 4.74 Å². The maximum absolute atomic E-state index is 6.46. The van der Waals surface area contributed by atoms with Crippen molar-refractivity contribution < 1.29 is 4.74 Å².